The molecule has 0 aromatic rings. The van der Waals surface area contributed by atoms with Crippen molar-refractivity contribution in [2.24, 2.45) is 34.5 Å². The van der Waals surface area contributed by atoms with Crippen LogP contribution in [-0.4, -0.2) is 43.8 Å². The average molecular weight is 437 g/mol. The fraction of sp³-hybridized carbons (Fsp3) is 1.00. The molecule has 0 aromatic heterocycles. The monoisotopic (exact) mass is 436 g/mol. The fourth-order valence-electron chi connectivity index (χ4n) is 9.37. The van der Waals surface area contributed by atoms with Crippen molar-refractivity contribution in [2.45, 2.75) is 135 Å². The van der Waals surface area contributed by atoms with Gasteiger partial charge in [0.05, 0.1) is 23.4 Å². The molecule has 4 heteroatoms. The smallest absolute Gasteiger partial charge is 0.0985 e. The van der Waals surface area contributed by atoms with Crippen molar-refractivity contribution < 1.29 is 20.4 Å². The average Bonchev–Trinajstić information content (AvgIpc) is 3.06. The van der Waals surface area contributed by atoms with E-state index in [-0.39, 0.29) is 10.8 Å². The summed E-state index contributed by atoms with van der Waals surface area (Å²) in [4.78, 5) is 0. The minimum atomic E-state index is -1.16. The summed E-state index contributed by atoms with van der Waals surface area (Å²) in [5.41, 5.74) is -1.98. The van der Waals surface area contributed by atoms with Crippen molar-refractivity contribution in [1.29, 1.82) is 0 Å². The Balaban J connectivity index is 1.55. The highest BCUT2D eigenvalue weighted by molar-refractivity contribution is 5.17. The molecule has 0 amide bonds. The van der Waals surface area contributed by atoms with Gasteiger partial charge < -0.3 is 20.4 Å². The van der Waals surface area contributed by atoms with E-state index in [9.17, 15) is 20.4 Å². The van der Waals surface area contributed by atoms with Crippen molar-refractivity contribution in [3.05, 3.63) is 0 Å². The number of hydrogen-bond donors (Lipinski definition) is 4. The summed E-state index contributed by atoms with van der Waals surface area (Å²) >= 11 is 0. The third-order valence-electron chi connectivity index (χ3n) is 11.1. The lowest BCUT2D eigenvalue weighted by Gasteiger charge is -2.65. The van der Waals surface area contributed by atoms with Gasteiger partial charge in [0.2, 0.25) is 0 Å². The lowest BCUT2D eigenvalue weighted by atomic mass is 9.42. The first-order chi connectivity index (χ1) is 14.5. The highest BCUT2D eigenvalue weighted by Crippen LogP contribution is 2.69. The van der Waals surface area contributed by atoms with Gasteiger partial charge in [-0.2, -0.15) is 0 Å². The first kappa shape index (κ1) is 24.0. The zero-order valence-electron chi connectivity index (χ0n) is 20.4. The number of unbranched alkanes of at least 4 members (excludes halogenated alkanes) is 3. The van der Waals surface area contributed by atoms with E-state index >= 15 is 0 Å². The van der Waals surface area contributed by atoms with E-state index in [4.69, 9.17) is 0 Å². The molecule has 0 aliphatic heterocycles. The summed E-state index contributed by atoms with van der Waals surface area (Å²) < 4.78 is 0. The maximum absolute atomic E-state index is 11.6. The summed E-state index contributed by atoms with van der Waals surface area (Å²) in [6, 6.07) is 0. The van der Waals surface area contributed by atoms with Crippen LogP contribution in [0.2, 0.25) is 0 Å². The van der Waals surface area contributed by atoms with Crippen LogP contribution in [0.1, 0.15) is 111 Å². The van der Waals surface area contributed by atoms with Gasteiger partial charge in [0.15, 0.2) is 0 Å². The molecule has 4 fully saturated rings. The van der Waals surface area contributed by atoms with Crippen LogP contribution in [0.4, 0.5) is 0 Å². The standard InChI is InChI=1S/C27H48O4/c1-5-6-7-8-13-26(4,30)22-10-9-20-19-16-23(29)27(31)17-18(28)11-15-25(27,3)21(19)12-14-24(20,22)2/h18-23,28-31H,5-17H2,1-4H3/t18-,19?,20?,21?,22-,23-,24-,25+,26-,27-/m0/s1. The highest BCUT2D eigenvalue weighted by atomic mass is 16.3. The van der Waals surface area contributed by atoms with Crippen LogP contribution in [-0.2, 0) is 0 Å². The normalized spacial score (nSPS) is 51.5. The number of fused-ring (bicyclic) bond motifs is 5. The van der Waals surface area contributed by atoms with Gasteiger partial charge in [-0.3, -0.25) is 0 Å². The van der Waals surface area contributed by atoms with Crippen LogP contribution in [0.25, 0.3) is 0 Å². The van der Waals surface area contributed by atoms with Crippen LogP contribution in [0, 0.1) is 34.5 Å². The Morgan fingerprint density at radius 2 is 1.68 bits per heavy atom. The third-order valence-corrected chi connectivity index (χ3v) is 11.1. The van der Waals surface area contributed by atoms with Gasteiger partial charge >= 0.3 is 0 Å². The molecule has 0 saturated heterocycles. The molecular weight excluding hydrogens is 388 g/mol. The molecule has 3 unspecified atom stereocenters. The molecule has 4 saturated carbocycles. The zero-order chi connectivity index (χ0) is 22.7. The van der Waals surface area contributed by atoms with Crippen LogP contribution < -0.4 is 0 Å². The van der Waals surface area contributed by atoms with Gasteiger partial charge in [-0.05, 0) is 87.4 Å². The van der Waals surface area contributed by atoms with Crippen LogP contribution in [0.3, 0.4) is 0 Å². The predicted molar refractivity (Wildman–Crippen MR) is 123 cm³/mol. The maximum Gasteiger partial charge on any atom is 0.0985 e. The zero-order valence-corrected chi connectivity index (χ0v) is 20.4. The molecule has 0 heterocycles. The topological polar surface area (TPSA) is 80.9 Å². The van der Waals surface area contributed by atoms with Gasteiger partial charge in [0.25, 0.3) is 0 Å². The van der Waals surface area contributed by atoms with Crippen molar-refractivity contribution >= 4 is 0 Å². The Labute approximate surface area is 189 Å². The van der Waals surface area contributed by atoms with Crippen LogP contribution in [0.5, 0.6) is 0 Å². The molecule has 4 rings (SSSR count). The Kier molecular flexibility index (Phi) is 6.38. The van der Waals surface area contributed by atoms with Gasteiger partial charge in [-0.1, -0.05) is 46.5 Å². The quantitative estimate of drug-likeness (QED) is 0.450. The fourth-order valence-corrected chi connectivity index (χ4v) is 9.37. The predicted octanol–water partition coefficient (Wildman–Crippen LogP) is 4.81. The Morgan fingerprint density at radius 3 is 2.39 bits per heavy atom. The summed E-state index contributed by atoms with van der Waals surface area (Å²) in [6.45, 7) is 8.93. The van der Waals surface area contributed by atoms with Crippen LogP contribution in [0.15, 0.2) is 0 Å². The first-order valence-corrected chi connectivity index (χ1v) is 13.3. The summed E-state index contributed by atoms with van der Waals surface area (Å²) in [7, 11) is 0. The largest absolute Gasteiger partial charge is 0.393 e. The van der Waals surface area contributed by atoms with Crippen LogP contribution >= 0.6 is 0 Å². The van der Waals surface area contributed by atoms with E-state index in [0.29, 0.717) is 36.5 Å². The molecule has 0 spiro atoms. The van der Waals surface area contributed by atoms with Gasteiger partial charge in [0, 0.05) is 11.8 Å². The molecule has 0 aromatic carbocycles. The summed E-state index contributed by atoms with van der Waals surface area (Å²) in [5, 5.41) is 44.6. The first-order valence-electron chi connectivity index (χ1n) is 13.3. The number of aliphatic hydroxyl groups excluding tert-OH is 2. The van der Waals surface area contributed by atoms with Gasteiger partial charge in [-0.25, -0.2) is 0 Å². The van der Waals surface area contributed by atoms with E-state index in [1.165, 1.54) is 19.3 Å². The Hall–Kier alpha value is -0.160. The van der Waals surface area contributed by atoms with E-state index in [1.54, 1.807) is 0 Å². The molecule has 0 radical (unpaired) electrons. The van der Waals surface area contributed by atoms with E-state index < -0.39 is 23.4 Å². The molecular formula is C27H48O4. The molecule has 4 nitrogen and oxygen atoms in total. The Morgan fingerprint density at radius 1 is 0.935 bits per heavy atom. The molecule has 4 aliphatic carbocycles. The lowest BCUT2D eigenvalue weighted by Crippen LogP contribution is -2.68. The second kappa shape index (κ2) is 8.25. The van der Waals surface area contributed by atoms with Gasteiger partial charge in [0.1, 0.15) is 0 Å². The summed E-state index contributed by atoms with van der Waals surface area (Å²) in [6.07, 6.45) is 11.3. The second-order valence-electron chi connectivity index (χ2n) is 12.7. The lowest BCUT2D eigenvalue weighted by molar-refractivity contribution is -0.266. The van der Waals surface area contributed by atoms with Crippen molar-refractivity contribution in [3.8, 4) is 0 Å². The Bertz CT molecular complexity index is 649. The van der Waals surface area contributed by atoms with Gasteiger partial charge in [-0.15, -0.1) is 0 Å². The number of aliphatic hydroxyl groups is 4. The minimum Gasteiger partial charge on any atom is -0.393 e. The molecule has 0 bridgehead atoms. The van der Waals surface area contributed by atoms with Crippen molar-refractivity contribution in [2.75, 3.05) is 0 Å². The third kappa shape index (κ3) is 3.63. The molecule has 4 aliphatic rings. The maximum atomic E-state index is 11.6. The van der Waals surface area contributed by atoms with E-state index in [2.05, 4.69) is 27.7 Å². The SMILES string of the molecule is CCCCCC[C@](C)(O)[C@H]1CCC2C3C[C@H](O)[C@@]4(O)C[C@@H](O)CC[C@]4(C)C3CC[C@@]21C. The number of hydrogen-bond acceptors (Lipinski definition) is 4. The second-order valence-corrected chi connectivity index (χ2v) is 12.7. The molecule has 10 atom stereocenters. The highest BCUT2D eigenvalue weighted by Gasteiger charge is 2.68. The minimum absolute atomic E-state index is 0.120. The molecule has 31 heavy (non-hydrogen) atoms. The number of rotatable bonds is 6. The van der Waals surface area contributed by atoms with Crippen molar-refractivity contribution in [3.63, 3.8) is 0 Å². The van der Waals surface area contributed by atoms with Crippen molar-refractivity contribution in [1.82, 2.24) is 0 Å². The van der Waals surface area contributed by atoms with E-state index in [1.807, 2.05) is 0 Å². The molecule has 4 N–H and O–H groups in total. The summed E-state index contributed by atoms with van der Waals surface area (Å²) in [5.74, 6) is 1.66. The molecule has 180 valence electrons. The van der Waals surface area contributed by atoms with E-state index in [0.717, 1.165) is 51.4 Å².